The first-order valence-electron chi connectivity index (χ1n) is 9.42. The SMILES string of the molecule is CC(C)N(CC(=O)Nc1nc(CC(=O)NC2CC2)cs1)C(=O)c1ccc(Cl)cc1. The predicted octanol–water partition coefficient (Wildman–Crippen LogP) is 3.11. The predicted molar refractivity (Wildman–Crippen MR) is 113 cm³/mol. The number of hydrogen-bond acceptors (Lipinski definition) is 5. The highest BCUT2D eigenvalue weighted by Crippen LogP contribution is 2.20. The molecule has 1 aromatic heterocycles. The molecule has 0 aliphatic heterocycles. The van der Waals surface area contributed by atoms with E-state index >= 15 is 0 Å². The molecule has 0 unspecified atom stereocenters. The highest BCUT2D eigenvalue weighted by Gasteiger charge is 2.24. The third kappa shape index (κ3) is 6.27. The molecule has 0 radical (unpaired) electrons. The van der Waals surface area contributed by atoms with Crippen molar-refractivity contribution in [2.45, 2.75) is 45.2 Å². The van der Waals surface area contributed by atoms with Gasteiger partial charge in [-0.25, -0.2) is 4.98 Å². The van der Waals surface area contributed by atoms with Gasteiger partial charge in [-0.05, 0) is 51.0 Å². The summed E-state index contributed by atoms with van der Waals surface area (Å²) in [5.74, 6) is -0.650. The number of rotatable bonds is 8. The molecule has 2 N–H and O–H groups in total. The molecule has 1 fully saturated rings. The molecule has 7 nitrogen and oxygen atoms in total. The van der Waals surface area contributed by atoms with Crippen LogP contribution in [0.3, 0.4) is 0 Å². The molecular weight excluding hydrogens is 412 g/mol. The van der Waals surface area contributed by atoms with Crippen LogP contribution < -0.4 is 10.6 Å². The van der Waals surface area contributed by atoms with Gasteiger partial charge >= 0.3 is 0 Å². The molecule has 0 atom stereocenters. The Balaban J connectivity index is 1.56. The zero-order chi connectivity index (χ0) is 21.0. The van der Waals surface area contributed by atoms with Crippen molar-refractivity contribution in [3.8, 4) is 0 Å². The van der Waals surface area contributed by atoms with Gasteiger partial charge in [0.1, 0.15) is 6.54 Å². The molecule has 29 heavy (non-hydrogen) atoms. The molecule has 3 rings (SSSR count). The zero-order valence-electron chi connectivity index (χ0n) is 16.3. The van der Waals surface area contributed by atoms with E-state index < -0.39 is 0 Å². The molecule has 1 aliphatic carbocycles. The van der Waals surface area contributed by atoms with Crippen molar-refractivity contribution in [1.82, 2.24) is 15.2 Å². The molecule has 154 valence electrons. The summed E-state index contributed by atoms with van der Waals surface area (Å²) in [6.45, 7) is 3.60. The largest absolute Gasteiger partial charge is 0.353 e. The van der Waals surface area contributed by atoms with Crippen molar-refractivity contribution in [2.24, 2.45) is 0 Å². The van der Waals surface area contributed by atoms with Crippen LogP contribution in [-0.2, 0) is 16.0 Å². The lowest BCUT2D eigenvalue weighted by atomic mass is 10.1. The average molecular weight is 435 g/mol. The van der Waals surface area contributed by atoms with E-state index in [0.29, 0.717) is 27.5 Å². The molecule has 1 heterocycles. The molecular formula is C20H23ClN4O3S. The van der Waals surface area contributed by atoms with Crippen molar-refractivity contribution >= 4 is 45.8 Å². The highest BCUT2D eigenvalue weighted by atomic mass is 35.5. The van der Waals surface area contributed by atoms with E-state index in [4.69, 9.17) is 11.6 Å². The maximum atomic E-state index is 12.7. The second-order valence-corrected chi connectivity index (χ2v) is 8.54. The lowest BCUT2D eigenvalue weighted by Crippen LogP contribution is -2.42. The number of benzene rings is 1. The molecule has 0 bridgehead atoms. The summed E-state index contributed by atoms with van der Waals surface area (Å²) < 4.78 is 0. The summed E-state index contributed by atoms with van der Waals surface area (Å²) >= 11 is 7.13. The topological polar surface area (TPSA) is 91.4 Å². The normalized spacial score (nSPS) is 13.2. The van der Waals surface area contributed by atoms with Gasteiger partial charge in [0, 0.05) is 28.0 Å². The molecule has 0 spiro atoms. The first kappa shape index (κ1) is 21.3. The summed E-state index contributed by atoms with van der Waals surface area (Å²) in [6, 6.07) is 6.70. The number of nitrogens with one attached hydrogen (secondary N) is 2. The van der Waals surface area contributed by atoms with Crippen LogP contribution in [0.1, 0.15) is 42.7 Å². The zero-order valence-corrected chi connectivity index (χ0v) is 17.8. The number of anilines is 1. The fourth-order valence-electron chi connectivity index (χ4n) is 2.68. The molecule has 9 heteroatoms. The second kappa shape index (κ2) is 9.37. The van der Waals surface area contributed by atoms with E-state index in [1.165, 1.54) is 16.2 Å². The van der Waals surface area contributed by atoms with Gasteiger partial charge in [-0.3, -0.25) is 14.4 Å². The van der Waals surface area contributed by atoms with E-state index in [1.807, 2.05) is 13.8 Å². The summed E-state index contributed by atoms with van der Waals surface area (Å²) in [6.07, 6.45) is 2.26. The number of amides is 3. The Morgan fingerprint density at radius 3 is 2.52 bits per heavy atom. The fourth-order valence-corrected chi connectivity index (χ4v) is 3.53. The van der Waals surface area contributed by atoms with Crippen LogP contribution in [0, 0.1) is 0 Å². The fraction of sp³-hybridized carbons (Fsp3) is 0.400. The van der Waals surface area contributed by atoms with Crippen molar-refractivity contribution in [2.75, 3.05) is 11.9 Å². The number of aromatic nitrogens is 1. The maximum absolute atomic E-state index is 12.7. The smallest absolute Gasteiger partial charge is 0.254 e. The number of hydrogen-bond donors (Lipinski definition) is 2. The van der Waals surface area contributed by atoms with E-state index in [9.17, 15) is 14.4 Å². The first-order chi connectivity index (χ1) is 13.8. The van der Waals surface area contributed by atoms with E-state index in [-0.39, 0.29) is 36.7 Å². The van der Waals surface area contributed by atoms with Gasteiger partial charge in [-0.2, -0.15) is 0 Å². The Morgan fingerprint density at radius 1 is 1.21 bits per heavy atom. The van der Waals surface area contributed by atoms with Crippen molar-refractivity contribution < 1.29 is 14.4 Å². The average Bonchev–Trinajstić information content (AvgIpc) is 3.37. The van der Waals surface area contributed by atoms with Gasteiger partial charge in [0.25, 0.3) is 5.91 Å². The molecule has 1 saturated carbocycles. The third-order valence-corrected chi connectivity index (χ3v) is 5.43. The van der Waals surface area contributed by atoms with Crippen LogP contribution >= 0.6 is 22.9 Å². The Kier molecular flexibility index (Phi) is 6.87. The van der Waals surface area contributed by atoms with Gasteiger partial charge in [-0.15, -0.1) is 11.3 Å². The quantitative estimate of drug-likeness (QED) is 0.667. The summed E-state index contributed by atoms with van der Waals surface area (Å²) in [7, 11) is 0. The summed E-state index contributed by atoms with van der Waals surface area (Å²) in [5.41, 5.74) is 1.08. The Hall–Kier alpha value is -2.45. The summed E-state index contributed by atoms with van der Waals surface area (Å²) in [4.78, 5) is 42.8. The van der Waals surface area contributed by atoms with E-state index in [1.54, 1.807) is 29.6 Å². The van der Waals surface area contributed by atoms with Crippen molar-refractivity contribution in [1.29, 1.82) is 0 Å². The van der Waals surface area contributed by atoms with Crippen LogP contribution in [0.25, 0.3) is 0 Å². The highest BCUT2D eigenvalue weighted by molar-refractivity contribution is 7.13. The van der Waals surface area contributed by atoms with Crippen molar-refractivity contribution in [3.05, 3.63) is 45.9 Å². The monoisotopic (exact) mass is 434 g/mol. The van der Waals surface area contributed by atoms with Crippen molar-refractivity contribution in [3.63, 3.8) is 0 Å². The van der Waals surface area contributed by atoms with Gasteiger partial charge in [-0.1, -0.05) is 11.6 Å². The third-order valence-electron chi connectivity index (χ3n) is 4.37. The van der Waals surface area contributed by atoms with Crippen LogP contribution in [-0.4, -0.2) is 46.2 Å². The van der Waals surface area contributed by atoms with Gasteiger partial charge in [0.2, 0.25) is 11.8 Å². The van der Waals surface area contributed by atoms with Crippen LogP contribution in [0.4, 0.5) is 5.13 Å². The number of nitrogens with zero attached hydrogens (tertiary/aromatic N) is 2. The van der Waals surface area contributed by atoms with Gasteiger partial charge in [0.05, 0.1) is 12.1 Å². The maximum Gasteiger partial charge on any atom is 0.254 e. The molecule has 1 aliphatic rings. The van der Waals surface area contributed by atoms with Crippen LogP contribution in [0.15, 0.2) is 29.6 Å². The first-order valence-corrected chi connectivity index (χ1v) is 10.7. The number of carbonyl (C=O) groups excluding carboxylic acids is 3. The van der Waals surface area contributed by atoms with E-state index in [2.05, 4.69) is 15.6 Å². The minimum absolute atomic E-state index is 0.0600. The molecule has 1 aromatic carbocycles. The van der Waals surface area contributed by atoms with Gasteiger partial charge < -0.3 is 15.5 Å². The molecule has 0 saturated heterocycles. The van der Waals surface area contributed by atoms with Crippen LogP contribution in [0.5, 0.6) is 0 Å². The molecule has 3 amide bonds. The molecule has 2 aromatic rings. The number of carbonyl (C=O) groups is 3. The Labute approximate surface area is 178 Å². The lowest BCUT2D eigenvalue weighted by Gasteiger charge is -2.26. The lowest BCUT2D eigenvalue weighted by molar-refractivity contribution is -0.120. The number of thiazole rings is 1. The summed E-state index contributed by atoms with van der Waals surface area (Å²) in [5, 5.41) is 8.32. The Morgan fingerprint density at radius 2 is 1.90 bits per heavy atom. The van der Waals surface area contributed by atoms with Gasteiger partial charge in [0.15, 0.2) is 5.13 Å². The minimum atomic E-state index is -0.343. The standard InChI is InChI=1S/C20H23ClN4O3S/c1-12(2)25(19(28)13-3-5-14(21)6-4-13)10-18(27)24-20-23-16(11-29-20)9-17(26)22-15-7-8-15/h3-6,11-12,15H,7-10H2,1-2H3,(H,22,26)(H,23,24,27). The second-order valence-electron chi connectivity index (χ2n) is 7.24. The van der Waals surface area contributed by atoms with Crippen LogP contribution in [0.2, 0.25) is 5.02 Å². The van der Waals surface area contributed by atoms with E-state index in [0.717, 1.165) is 12.8 Å². The number of halogens is 1. The minimum Gasteiger partial charge on any atom is -0.353 e. The Bertz CT molecular complexity index is 893.